The largest absolute Gasteiger partial charge is 0.482 e. The van der Waals surface area contributed by atoms with Gasteiger partial charge in [0, 0.05) is 18.8 Å². The molecule has 0 aliphatic carbocycles. The quantitative estimate of drug-likeness (QED) is 0.571. The summed E-state index contributed by atoms with van der Waals surface area (Å²) in [6.07, 6.45) is 9.22. The zero-order valence-corrected chi connectivity index (χ0v) is 15.9. The molecule has 7 heteroatoms. The van der Waals surface area contributed by atoms with Crippen molar-refractivity contribution in [1.82, 2.24) is 19.4 Å². The standard InChI is InChI=1S/C20H27N5O2/c1-3-7-15(13-26)23-20-17(11-21-18(24-20)8-4-2)27-14-16-12-25-10-6-5-9-19(25)22-16/h5-6,9-12,15,26H,3-4,7-8,13-14H2,1-2H3,(H,21,23,24)/t15-/m0/s1. The molecule has 0 unspecified atom stereocenters. The van der Waals surface area contributed by atoms with Gasteiger partial charge in [0.15, 0.2) is 11.6 Å². The van der Waals surface area contributed by atoms with Gasteiger partial charge in [-0.25, -0.2) is 15.0 Å². The van der Waals surface area contributed by atoms with Crippen LogP contribution in [0.4, 0.5) is 5.82 Å². The fraction of sp³-hybridized carbons (Fsp3) is 0.450. The van der Waals surface area contributed by atoms with Crippen LogP contribution in [0.5, 0.6) is 5.75 Å². The van der Waals surface area contributed by atoms with E-state index in [1.165, 1.54) is 0 Å². The Labute approximate surface area is 159 Å². The van der Waals surface area contributed by atoms with Crippen LogP contribution < -0.4 is 10.1 Å². The van der Waals surface area contributed by atoms with Gasteiger partial charge in [-0.3, -0.25) is 0 Å². The van der Waals surface area contributed by atoms with Crippen LogP contribution in [-0.4, -0.2) is 37.1 Å². The smallest absolute Gasteiger partial charge is 0.180 e. The Morgan fingerprint density at radius 3 is 2.85 bits per heavy atom. The highest BCUT2D eigenvalue weighted by molar-refractivity contribution is 5.49. The van der Waals surface area contributed by atoms with Crippen LogP contribution >= 0.6 is 0 Å². The van der Waals surface area contributed by atoms with Gasteiger partial charge in [0.05, 0.1) is 24.5 Å². The molecule has 0 saturated carbocycles. The van der Waals surface area contributed by atoms with Crippen molar-refractivity contribution in [2.24, 2.45) is 0 Å². The lowest BCUT2D eigenvalue weighted by Gasteiger charge is -2.18. The van der Waals surface area contributed by atoms with E-state index in [4.69, 9.17) is 4.74 Å². The number of imidazole rings is 1. The predicted molar refractivity (Wildman–Crippen MR) is 105 cm³/mol. The Balaban J connectivity index is 1.77. The van der Waals surface area contributed by atoms with Crippen LogP contribution in [0.3, 0.4) is 0 Å². The van der Waals surface area contributed by atoms with E-state index < -0.39 is 0 Å². The molecule has 27 heavy (non-hydrogen) atoms. The molecular weight excluding hydrogens is 342 g/mol. The fourth-order valence-electron chi connectivity index (χ4n) is 2.92. The number of nitrogens with one attached hydrogen (secondary N) is 1. The summed E-state index contributed by atoms with van der Waals surface area (Å²) in [6.45, 7) is 4.56. The number of anilines is 1. The second-order valence-electron chi connectivity index (χ2n) is 6.55. The number of hydrogen-bond acceptors (Lipinski definition) is 6. The molecule has 3 aromatic heterocycles. The van der Waals surface area contributed by atoms with Crippen molar-refractivity contribution < 1.29 is 9.84 Å². The van der Waals surface area contributed by atoms with Crippen molar-refractivity contribution in [3.8, 4) is 5.75 Å². The van der Waals surface area contributed by atoms with Gasteiger partial charge in [-0.15, -0.1) is 0 Å². The summed E-state index contributed by atoms with van der Waals surface area (Å²) >= 11 is 0. The minimum Gasteiger partial charge on any atom is -0.482 e. The number of fused-ring (bicyclic) bond motifs is 1. The Morgan fingerprint density at radius 2 is 2.11 bits per heavy atom. The SMILES string of the molecule is CCCc1ncc(OCc2cn3ccccc3n2)c(N[C@H](CO)CCC)n1. The lowest BCUT2D eigenvalue weighted by atomic mass is 10.2. The van der Waals surface area contributed by atoms with Gasteiger partial charge < -0.3 is 19.6 Å². The molecule has 0 spiro atoms. The molecule has 0 saturated heterocycles. The summed E-state index contributed by atoms with van der Waals surface area (Å²) in [5.74, 6) is 1.97. The third-order valence-electron chi connectivity index (χ3n) is 4.27. The van der Waals surface area contributed by atoms with Crippen molar-refractivity contribution in [2.75, 3.05) is 11.9 Å². The lowest BCUT2D eigenvalue weighted by Crippen LogP contribution is -2.24. The number of aryl methyl sites for hydroxylation is 1. The van der Waals surface area contributed by atoms with Gasteiger partial charge in [-0.05, 0) is 25.0 Å². The molecule has 0 aromatic carbocycles. The molecule has 144 valence electrons. The highest BCUT2D eigenvalue weighted by atomic mass is 16.5. The second-order valence-corrected chi connectivity index (χ2v) is 6.55. The van der Waals surface area contributed by atoms with Gasteiger partial charge in [0.1, 0.15) is 18.1 Å². The van der Waals surface area contributed by atoms with Gasteiger partial charge >= 0.3 is 0 Å². The third-order valence-corrected chi connectivity index (χ3v) is 4.27. The van der Waals surface area contributed by atoms with Crippen LogP contribution in [0, 0.1) is 0 Å². The minimum atomic E-state index is -0.0584. The van der Waals surface area contributed by atoms with Crippen LogP contribution in [0.2, 0.25) is 0 Å². The van der Waals surface area contributed by atoms with Crippen molar-refractivity contribution in [3.63, 3.8) is 0 Å². The van der Waals surface area contributed by atoms with Gasteiger partial charge in [-0.2, -0.15) is 0 Å². The monoisotopic (exact) mass is 369 g/mol. The first-order valence-corrected chi connectivity index (χ1v) is 9.52. The highest BCUT2D eigenvalue weighted by Gasteiger charge is 2.14. The molecule has 0 amide bonds. The number of hydrogen-bond donors (Lipinski definition) is 2. The average molecular weight is 369 g/mol. The number of aliphatic hydroxyl groups excluding tert-OH is 1. The number of rotatable bonds is 10. The zero-order chi connectivity index (χ0) is 19.1. The zero-order valence-electron chi connectivity index (χ0n) is 15.9. The molecule has 0 aliphatic rings. The Morgan fingerprint density at radius 1 is 1.22 bits per heavy atom. The molecule has 3 aromatic rings. The molecule has 2 N–H and O–H groups in total. The summed E-state index contributed by atoms with van der Waals surface area (Å²) in [5.41, 5.74) is 1.71. The normalized spacial score (nSPS) is 12.3. The van der Waals surface area contributed by atoms with E-state index in [0.29, 0.717) is 18.2 Å². The Hall–Kier alpha value is -2.67. The fourth-order valence-corrected chi connectivity index (χ4v) is 2.92. The summed E-state index contributed by atoms with van der Waals surface area (Å²) in [5, 5.41) is 12.9. The number of nitrogens with zero attached hydrogens (tertiary/aromatic N) is 4. The summed E-state index contributed by atoms with van der Waals surface area (Å²) in [7, 11) is 0. The van der Waals surface area contributed by atoms with Crippen LogP contribution in [0.25, 0.3) is 5.65 Å². The van der Waals surface area contributed by atoms with Crippen LogP contribution in [0.15, 0.2) is 36.8 Å². The first-order valence-electron chi connectivity index (χ1n) is 9.52. The number of ether oxygens (including phenoxy) is 1. The second kappa shape index (κ2) is 9.32. The Bertz CT molecular complexity index is 831. The molecular formula is C20H27N5O2. The third kappa shape index (κ3) is 4.95. The van der Waals surface area contributed by atoms with Crippen molar-refractivity contribution in [2.45, 2.75) is 52.2 Å². The highest BCUT2D eigenvalue weighted by Crippen LogP contribution is 2.24. The van der Waals surface area contributed by atoms with Crippen LogP contribution in [0.1, 0.15) is 44.6 Å². The van der Waals surface area contributed by atoms with Crippen molar-refractivity contribution in [1.29, 1.82) is 0 Å². The van der Waals surface area contributed by atoms with E-state index in [9.17, 15) is 5.11 Å². The maximum atomic E-state index is 9.61. The first kappa shape index (κ1) is 19.1. The first-order chi connectivity index (χ1) is 13.2. The van der Waals surface area contributed by atoms with Crippen molar-refractivity contribution in [3.05, 3.63) is 48.3 Å². The summed E-state index contributed by atoms with van der Waals surface area (Å²) in [6, 6.07) is 5.81. The van der Waals surface area contributed by atoms with E-state index in [2.05, 4.69) is 34.1 Å². The molecule has 0 radical (unpaired) electrons. The van der Waals surface area contributed by atoms with E-state index in [0.717, 1.165) is 42.8 Å². The van der Waals surface area contributed by atoms with E-state index >= 15 is 0 Å². The molecule has 3 rings (SSSR count). The maximum absolute atomic E-state index is 9.61. The van der Waals surface area contributed by atoms with Crippen LogP contribution in [-0.2, 0) is 13.0 Å². The van der Waals surface area contributed by atoms with E-state index in [-0.39, 0.29) is 12.6 Å². The predicted octanol–water partition coefficient (Wildman–Crippen LogP) is 3.23. The molecule has 0 bridgehead atoms. The number of pyridine rings is 1. The summed E-state index contributed by atoms with van der Waals surface area (Å²) in [4.78, 5) is 13.6. The molecule has 0 aliphatic heterocycles. The molecule has 1 atom stereocenters. The van der Waals surface area contributed by atoms with Gasteiger partial charge in [-0.1, -0.05) is 26.3 Å². The van der Waals surface area contributed by atoms with E-state index in [1.807, 2.05) is 35.0 Å². The van der Waals surface area contributed by atoms with E-state index in [1.54, 1.807) is 6.20 Å². The lowest BCUT2D eigenvalue weighted by molar-refractivity contribution is 0.266. The summed E-state index contributed by atoms with van der Waals surface area (Å²) < 4.78 is 7.92. The van der Waals surface area contributed by atoms with Gasteiger partial charge in [0.25, 0.3) is 0 Å². The molecule has 3 heterocycles. The molecule has 0 fully saturated rings. The number of aromatic nitrogens is 4. The van der Waals surface area contributed by atoms with Gasteiger partial charge in [0.2, 0.25) is 0 Å². The topological polar surface area (TPSA) is 84.6 Å². The molecule has 7 nitrogen and oxygen atoms in total. The Kier molecular flexibility index (Phi) is 6.59. The number of aliphatic hydroxyl groups is 1. The minimum absolute atomic E-state index is 0.0484. The average Bonchev–Trinajstić information content (AvgIpc) is 3.10. The van der Waals surface area contributed by atoms with Crippen molar-refractivity contribution >= 4 is 11.5 Å². The maximum Gasteiger partial charge on any atom is 0.180 e.